The van der Waals surface area contributed by atoms with E-state index < -0.39 is 0 Å². The number of phenols is 1. The molecule has 1 amide bonds. The Labute approximate surface area is 94.1 Å². The molecule has 0 aliphatic rings. The van der Waals surface area contributed by atoms with Crippen LogP contribution in [-0.4, -0.2) is 11.0 Å². The van der Waals surface area contributed by atoms with Gasteiger partial charge in [-0.3, -0.25) is 4.79 Å². The molecule has 4 heteroatoms. The third kappa shape index (κ3) is 3.80. The van der Waals surface area contributed by atoms with Crippen LogP contribution in [0.5, 0.6) is 5.75 Å². The van der Waals surface area contributed by atoms with Gasteiger partial charge in [0.1, 0.15) is 5.75 Å². The first kappa shape index (κ1) is 11.9. The predicted octanol–water partition coefficient (Wildman–Crippen LogP) is 3.17. The summed E-state index contributed by atoms with van der Waals surface area (Å²) in [6, 6.07) is 4.60. The summed E-state index contributed by atoms with van der Waals surface area (Å²) in [5.41, 5.74) is 0.610. The van der Waals surface area contributed by atoms with Crippen molar-refractivity contribution in [2.24, 2.45) is 0 Å². The molecule has 0 saturated heterocycles. The van der Waals surface area contributed by atoms with Crippen LogP contribution in [0.25, 0.3) is 0 Å². The van der Waals surface area contributed by atoms with Crippen LogP contribution in [0.4, 0.5) is 5.69 Å². The van der Waals surface area contributed by atoms with E-state index in [1.165, 1.54) is 12.1 Å². The Morgan fingerprint density at radius 1 is 1.53 bits per heavy atom. The van der Waals surface area contributed by atoms with Crippen molar-refractivity contribution in [2.75, 3.05) is 5.32 Å². The molecule has 0 aliphatic heterocycles. The minimum atomic E-state index is -0.0291. The Morgan fingerprint density at radius 2 is 2.27 bits per heavy atom. The van der Waals surface area contributed by atoms with Gasteiger partial charge in [-0.2, -0.15) is 0 Å². The topological polar surface area (TPSA) is 49.3 Å². The lowest BCUT2D eigenvalue weighted by atomic mass is 10.2. The summed E-state index contributed by atoms with van der Waals surface area (Å²) in [7, 11) is 0. The first-order chi connectivity index (χ1) is 7.13. The van der Waals surface area contributed by atoms with Crippen LogP contribution in [0.15, 0.2) is 18.2 Å². The van der Waals surface area contributed by atoms with Gasteiger partial charge in [-0.25, -0.2) is 0 Å². The van der Waals surface area contributed by atoms with Crippen molar-refractivity contribution in [1.29, 1.82) is 0 Å². The Morgan fingerprint density at radius 3 is 2.87 bits per heavy atom. The number of anilines is 1. The lowest BCUT2D eigenvalue weighted by Gasteiger charge is -2.05. The summed E-state index contributed by atoms with van der Waals surface area (Å²) < 4.78 is 0. The van der Waals surface area contributed by atoms with Crippen molar-refractivity contribution in [2.45, 2.75) is 26.2 Å². The van der Waals surface area contributed by atoms with Crippen molar-refractivity contribution >= 4 is 23.2 Å². The van der Waals surface area contributed by atoms with Gasteiger partial charge < -0.3 is 10.4 Å². The van der Waals surface area contributed by atoms with E-state index in [4.69, 9.17) is 11.6 Å². The Kier molecular flexibility index (Phi) is 4.43. The third-order valence-corrected chi connectivity index (χ3v) is 2.29. The fraction of sp³-hybridized carbons (Fsp3) is 0.364. The number of hydrogen-bond acceptors (Lipinski definition) is 2. The molecule has 0 unspecified atom stereocenters. The van der Waals surface area contributed by atoms with Crippen LogP contribution in [0, 0.1) is 0 Å². The van der Waals surface area contributed by atoms with E-state index in [-0.39, 0.29) is 16.7 Å². The molecule has 0 aromatic heterocycles. The number of halogens is 1. The zero-order chi connectivity index (χ0) is 11.3. The van der Waals surface area contributed by atoms with Gasteiger partial charge >= 0.3 is 0 Å². The van der Waals surface area contributed by atoms with Crippen LogP contribution in [0.1, 0.15) is 26.2 Å². The highest BCUT2D eigenvalue weighted by Gasteiger charge is 2.03. The first-order valence-corrected chi connectivity index (χ1v) is 5.29. The van der Waals surface area contributed by atoms with Gasteiger partial charge in [-0.15, -0.1) is 0 Å². The molecule has 0 saturated carbocycles. The number of benzene rings is 1. The molecule has 3 nitrogen and oxygen atoms in total. The van der Waals surface area contributed by atoms with Gasteiger partial charge in [0.25, 0.3) is 0 Å². The minimum absolute atomic E-state index is 0.0169. The van der Waals surface area contributed by atoms with Gasteiger partial charge in [-0.05, 0) is 24.6 Å². The fourth-order valence-corrected chi connectivity index (χ4v) is 1.33. The summed E-state index contributed by atoms with van der Waals surface area (Å²) in [4.78, 5) is 11.4. The minimum Gasteiger partial charge on any atom is -0.506 e. The average molecular weight is 228 g/mol. The second kappa shape index (κ2) is 5.61. The predicted molar refractivity (Wildman–Crippen MR) is 61.3 cm³/mol. The number of rotatable bonds is 4. The molecular weight excluding hydrogens is 214 g/mol. The molecule has 82 valence electrons. The summed E-state index contributed by atoms with van der Waals surface area (Å²) in [6.45, 7) is 2.03. The maximum atomic E-state index is 11.4. The van der Waals surface area contributed by atoms with Gasteiger partial charge in [-0.1, -0.05) is 24.9 Å². The number of carbonyl (C=O) groups is 1. The van der Waals surface area contributed by atoms with Crippen LogP contribution < -0.4 is 5.32 Å². The highest BCUT2D eigenvalue weighted by Crippen LogP contribution is 2.26. The van der Waals surface area contributed by atoms with Gasteiger partial charge in [0, 0.05) is 12.1 Å². The van der Waals surface area contributed by atoms with Gasteiger partial charge in [0.05, 0.1) is 5.02 Å². The van der Waals surface area contributed by atoms with Crippen molar-refractivity contribution in [3.63, 3.8) is 0 Å². The standard InChI is InChI=1S/C11H14ClNO2/c1-2-3-4-11(15)13-8-5-6-10(14)9(12)7-8/h5-7,14H,2-4H2,1H3,(H,13,15). The number of hydrogen-bond donors (Lipinski definition) is 2. The van der Waals surface area contributed by atoms with E-state index in [1.54, 1.807) is 6.07 Å². The molecular formula is C11H14ClNO2. The quantitative estimate of drug-likeness (QED) is 0.777. The number of phenolic OH excluding ortho intramolecular Hbond substituents is 1. The summed E-state index contributed by atoms with van der Waals surface area (Å²) in [6.07, 6.45) is 2.37. The van der Waals surface area contributed by atoms with Gasteiger partial charge in [0.2, 0.25) is 5.91 Å². The van der Waals surface area contributed by atoms with E-state index in [2.05, 4.69) is 5.32 Å². The fourth-order valence-electron chi connectivity index (χ4n) is 1.15. The van der Waals surface area contributed by atoms with Gasteiger partial charge in [0.15, 0.2) is 0 Å². The van der Waals surface area contributed by atoms with Crippen LogP contribution in [0.3, 0.4) is 0 Å². The number of carbonyl (C=O) groups excluding carboxylic acids is 1. The monoisotopic (exact) mass is 227 g/mol. The second-order valence-electron chi connectivity index (χ2n) is 3.32. The Hall–Kier alpha value is -1.22. The number of amides is 1. The Bertz CT molecular complexity index is 352. The number of nitrogens with one attached hydrogen (secondary N) is 1. The largest absolute Gasteiger partial charge is 0.506 e. The molecule has 1 aromatic carbocycles. The van der Waals surface area contributed by atoms with Crippen LogP contribution in [-0.2, 0) is 4.79 Å². The lowest BCUT2D eigenvalue weighted by molar-refractivity contribution is -0.116. The zero-order valence-electron chi connectivity index (χ0n) is 8.59. The molecule has 0 heterocycles. The number of aromatic hydroxyl groups is 1. The molecule has 0 fully saturated rings. The molecule has 0 bridgehead atoms. The second-order valence-corrected chi connectivity index (χ2v) is 3.73. The molecule has 0 radical (unpaired) electrons. The zero-order valence-corrected chi connectivity index (χ0v) is 9.34. The van der Waals surface area contributed by atoms with E-state index >= 15 is 0 Å². The molecule has 2 N–H and O–H groups in total. The molecule has 15 heavy (non-hydrogen) atoms. The lowest BCUT2D eigenvalue weighted by Crippen LogP contribution is -2.10. The maximum absolute atomic E-state index is 11.4. The van der Waals surface area contributed by atoms with Crippen molar-refractivity contribution in [3.8, 4) is 5.75 Å². The van der Waals surface area contributed by atoms with E-state index in [0.717, 1.165) is 12.8 Å². The van der Waals surface area contributed by atoms with E-state index in [0.29, 0.717) is 12.1 Å². The number of unbranched alkanes of at least 4 members (excludes halogenated alkanes) is 1. The summed E-state index contributed by atoms with van der Waals surface area (Å²) >= 11 is 5.70. The van der Waals surface area contributed by atoms with Crippen molar-refractivity contribution in [3.05, 3.63) is 23.2 Å². The van der Waals surface area contributed by atoms with Crippen LogP contribution in [0.2, 0.25) is 5.02 Å². The SMILES string of the molecule is CCCCC(=O)Nc1ccc(O)c(Cl)c1. The molecule has 1 rings (SSSR count). The maximum Gasteiger partial charge on any atom is 0.224 e. The summed E-state index contributed by atoms with van der Waals surface area (Å²) in [5.74, 6) is -0.0122. The van der Waals surface area contributed by atoms with Crippen molar-refractivity contribution in [1.82, 2.24) is 0 Å². The van der Waals surface area contributed by atoms with Crippen LogP contribution >= 0.6 is 11.6 Å². The smallest absolute Gasteiger partial charge is 0.224 e. The van der Waals surface area contributed by atoms with Crippen molar-refractivity contribution < 1.29 is 9.90 Å². The molecule has 0 aliphatic carbocycles. The highest BCUT2D eigenvalue weighted by molar-refractivity contribution is 6.32. The summed E-state index contributed by atoms with van der Waals surface area (Å²) in [5, 5.41) is 12.1. The molecule has 1 aromatic rings. The highest BCUT2D eigenvalue weighted by atomic mass is 35.5. The van der Waals surface area contributed by atoms with E-state index in [1.807, 2.05) is 6.92 Å². The molecule has 0 atom stereocenters. The first-order valence-electron chi connectivity index (χ1n) is 4.92. The molecule has 0 spiro atoms. The van der Waals surface area contributed by atoms with E-state index in [9.17, 15) is 9.90 Å². The third-order valence-electron chi connectivity index (χ3n) is 1.99. The normalized spacial score (nSPS) is 10.0. The average Bonchev–Trinajstić information content (AvgIpc) is 2.20. The Balaban J connectivity index is 2.57.